The minimum atomic E-state index is -3.14. The molecule has 0 spiro atoms. The molecular formula is C14H19NO3S. The molecule has 4 nitrogen and oxygen atoms in total. The zero-order valence-corrected chi connectivity index (χ0v) is 12.1. The van der Waals surface area contributed by atoms with E-state index in [9.17, 15) is 13.2 Å². The van der Waals surface area contributed by atoms with E-state index in [0.717, 1.165) is 18.4 Å². The van der Waals surface area contributed by atoms with Crippen molar-refractivity contribution in [3.05, 3.63) is 29.3 Å². The molecule has 1 aromatic rings. The maximum atomic E-state index is 12.0. The number of benzene rings is 1. The summed E-state index contributed by atoms with van der Waals surface area (Å²) in [5.41, 5.74) is 1.30. The Morgan fingerprint density at radius 3 is 2.84 bits per heavy atom. The highest BCUT2D eigenvalue weighted by atomic mass is 32.2. The van der Waals surface area contributed by atoms with Crippen molar-refractivity contribution in [2.45, 2.75) is 44.0 Å². The minimum absolute atomic E-state index is 0.118. The first-order chi connectivity index (χ1) is 8.94. The van der Waals surface area contributed by atoms with Crippen molar-refractivity contribution in [2.24, 2.45) is 0 Å². The number of carbonyl (C=O) groups excluding carboxylic acids is 1. The first kappa shape index (κ1) is 14.1. The van der Waals surface area contributed by atoms with Crippen LogP contribution in [-0.2, 0) is 16.3 Å². The van der Waals surface area contributed by atoms with Gasteiger partial charge >= 0.3 is 0 Å². The van der Waals surface area contributed by atoms with Gasteiger partial charge in [-0.2, -0.15) is 0 Å². The van der Waals surface area contributed by atoms with Crippen molar-refractivity contribution in [1.29, 1.82) is 0 Å². The molecule has 1 N–H and O–H groups in total. The van der Waals surface area contributed by atoms with E-state index in [1.807, 2.05) is 13.8 Å². The third-order valence-electron chi connectivity index (χ3n) is 3.51. The lowest BCUT2D eigenvalue weighted by Crippen LogP contribution is -2.32. The predicted octanol–water partition coefficient (Wildman–Crippen LogP) is 1.93. The maximum Gasteiger partial charge on any atom is 0.251 e. The van der Waals surface area contributed by atoms with E-state index in [0.29, 0.717) is 16.9 Å². The molecule has 1 aromatic carbocycles. The second kappa shape index (κ2) is 5.33. The van der Waals surface area contributed by atoms with Crippen LogP contribution in [0.3, 0.4) is 0 Å². The number of aryl methyl sites for hydroxylation is 1. The van der Waals surface area contributed by atoms with Crippen molar-refractivity contribution in [1.82, 2.24) is 5.32 Å². The first-order valence-electron chi connectivity index (χ1n) is 6.60. The van der Waals surface area contributed by atoms with Crippen molar-refractivity contribution < 1.29 is 13.2 Å². The highest BCUT2D eigenvalue weighted by Crippen LogP contribution is 2.25. The van der Waals surface area contributed by atoms with Crippen LogP contribution in [0.25, 0.3) is 0 Å². The second-order valence-corrected chi connectivity index (χ2v) is 7.11. The topological polar surface area (TPSA) is 63.2 Å². The molecule has 104 valence electrons. The summed E-state index contributed by atoms with van der Waals surface area (Å²) in [6, 6.07) is 4.99. The van der Waals surface area contributed by atoms with Crippen LogP contribution in [0.4, 0.5) is 0 Å². The summed E-state index contributed by atoms with van der Waals surface area (Å²) in [5.74, 6) is 0.0680. The number of fused-ring (bicyclic) bond motifs is 1. The first-order valence-corrected chi connectivity index (χ1v) is 8.26. The normalized spacial score (nSPS) is 18.4. The van der Waals surface area contributed by atoms with Gasteiger partial charge < -0.3 is 5.32 Å². The molecule has 0 radical (unpaired) electrons. The predicted molar refractivity (Wildman–Crippen MR) is 74.0 cm³/mol. The van der Waals surface area contributed by atoms with Gasteiger partial charge in [0.1, 0.15) is 0 Å². The van der Waals surface area contributed by atoms with Crippen LogP contribution >= 0.6 is 0 Å². The Bertz CT molecular complexity index is 593. The van der Waals surface area contributed by atoms with Crippen molar-refractivity contribution in [3.63, 3.8) is 0 Å². The van der Waals surface area contributed by atoms with Gasteiger partial charge in [0.15, 0.2) is 9.84 Å². The Balaban J connectivity index is 2.29. The van der Waals surface area contributed by atoms with Crippen LogP contribution in [-0.4, -0.2) is 26.1 Å². The lowest BCUT2D eigenvalue weighted by molar-refractivity contribution is 0.0939. The summed E-state index contributed by atoms with van der Waals surface area (Å²) < 4.78 is 23.8. The zero-order chi connectivity index (χ0) is 14.0. The quantitative estimate of drug-likeness (QED) is 0.921. The van der Waals surface area contributed by atoms with Gasteiger partial charge in [0.2, 0.25) is 0 Å². The summed E-state index contributed by atoms with van der Waals surface area (Å²) in [5, 5.41) is 2.88. The Kier molecular flexibility index (Phi) is 3.94. The lowest BCUT2D eigenvalue weighted by atomic mass is 10.1. The zero-order valence-electron chi connectivity index (χ0n) is 11.3. The molecule has 1 heterocycles. The van der Waals surface area contributed by atoms with Gasteiger partial charge in [-0.3, -0.25) is 4.79 Å². The highest BCUT2D eigenvalue weighted by molar-refractivity contribution is 7.91. The molecule has 2 rings (SSSR count). The molecule has 0 aromatic heterocycles. The molecule has 1 unspecified atom stereocenters. The number of amides is 1. The SMILES string of the molecule is CCC(C)NC(=O)c1ccc2c(c1)CCCS2(=O)=O. The molecule has 1 amide bonds. The Hall–Kier alpha value is -1.36. The third-order valence-corrected chi connectivity index (χ3v) is 5.40. The molecule has 0 saturated heterocycles. The van der Waals surface area contributed by atoms with Gasteiger partial charge in [-0.05, 0) is 49.9 Å². The molecule has 19 heavy (non-hydrogen) atoms. The van der Waals surface area contributed by atoms with Crippen LogP contribution < -0.4 is 5.32 Å². The molecule has 0 bridgehead atoms. The molecule has 1 aliphatic rings. The molecule has 5 heteroatoms. The third kappa shape index (κ3) is 2.97. The molecule has 1 aliphatic heterocycles. The summed E-state index contributed by atoms with van der Waals surface area (Å²) in [6.07, 6.45) is 2.22. The van der Waals surface area contributed by atoms with Crippen molar-refractivity contribution in [3.8, 4) is 0 Å². The van der Waals surface area contributed by atoms with E-state index in [-0.39, 0.29) is 17.7 Å². The fraction of sp³-hybridized carbons (Fsp3) is 0.500. The molecule has 0 saturated carbocycles. The number of nitrogens with one attached hydrogen (secondary N) is 1. The van der Waals surface area contributed by atoms with E-state index in [1.165, 1.54) is 0 Å². The van der Waals surface area contributed by atoms with E-state index in [1.54, 1.807) is 18.2 Å². The standard InChI is InChI=1S/C14H19NO3S/c1-3-10(2)15-14(16)12-6-7-13-11(9-12)5-4-8-19(13,17)18/h6-7,9-10H,3-5,8H2,1-2H3,(H,15,16). The van der Waals surface area contributed by atoms with Gasteiger partial charge in [0, 0.05) is 11.6 Å². The lowest BCUT2D eigenvalue weighted by Gasteiger charge is -2.17. The molecular weight excluding hydrogens is 262 g/mol. The van der Waals surface area contributed by atoms with Crippen LogP contribution in [0.15, 0.2) is 23.1 Å². The van der Waals surface area contributed by atoms with Gasteiger partial charge in [-0.1, -0.05) is 6.92 Å². The molecule has 0 fully saturated rings. The van der Waals surface area contributed by atoms with Crippen LogP contribution in [0.2, 0.25) is 0 Å². The Morgan fingerprint density at radius 2 is 2.16 bits per heavy atom. The summed E-state index contributed by atoms with van der Waals surface area (Å²) in [4.78, 5) is 12.4. The number of carbonyl (C=O) groups is 1. The van der Waals surface area contributed by atoms with E-state index < -0.39 is 9.84 Å². The van der Waals surface area contributed by atoms with Gasteiger partial charge in [0.25, 0.3) is 5.91 Å². The number of sulfone groups is 1. The average molecular weight is 281 g/mol. The summed E-state index contributed by atoms with van der Waals surface area (Å²) in [7, 11) is -3.14. The summed E-state index contributed by atoms with van der Waals surface area (Å²) in [6.45, 7) is 3.95. The Labute approximate surface area is 114 Å². The highest BCUT2D eigenvalue weighted by Gasteiger charge is 2.24. The number of rotatable bonds is 3. The average Bonchev–Trinajstić information content (AvgIpc) is 2.37. The summed E-state index contributed by atoms with van der Waals surface area (Å²) >= 11 is 0. The van der Waals surface area contributed by atoms with Crippen LogP contribution in [0, 0.1) is 0 Å². The van der Waals surface area contributed by atoms with Crippen LogP contribution in [0.1, 0.15) is 42.6 Å². The van der Waals surface area contributed by atoms with Gasteiger partial charge in [0.05, 0.1) is 10.6 Å². The Morgan fingerprint density at radius 1 is 1.42 bits per heavy atom. The van der Waals surface area contributed by atoms with E-state index in [2.05, 4.69) is 5.32 Å². The smallest absolute Gasteiger partial charge is 0.251 e. The fourth-order valence-electron chi connectivity index (χ4n) is 2.19. The molecule has 1 atom stereocenters. The fourth-order valence-corrected chi connectivity index (χ4v) is 3.77. The number of hydrogen-bond donors (Lipinski definition) is 1. The number of hydrogen-bond acceptors (Lipinski definition) is 3. The minimum Gasteiger partial charge on any atom is -0.350 e. The molecule has 0 aliphatic carbocycles. The van der Waals surface area contributed by atoms with Gasteiger partial charge in [-0.25, -0.2) is 8.42 Å². The van der Waals surface area contributed by atoms with Gasteiger partial charge in [-0.15, -0.1) is 0 Å². The van der Waals surface area contributed by atoms with Crippen LogP contribution in [0.5, 0.6) is 0 Å². The largest absolute Gasteiger partial charge is 0.350 e. The van der Waals surface area contributed by atoms with Crippen molar-refractivity contribution >= 4 is 15.7 Å². The second-order valence-electron chi connectivity index (χ2n) is 5.03. The van der Waals surface area contributed by atoms with Crippen molar-refractivity contribution in [2.75, 3.05) is 5.75 Å². The van der Waals surface area contributed by atoms with E-state index >= 15 is 0 Å². The van der Waals surface area contributed by atoms with E-state index in [4.69, 9.17) is 0 Å². The maximum absolute atomic E-state index is 12.0. The monoisotopic (exact) mass is 281 g/mol.